The molecule has 1 spiro atoms. The van der Waals surface area contributed by atoms with E-state index in [9.17, 15) is 10.1 Å². The Labute approximate surface area is 118 Å². The average Bonchev–Trinajstić information content (AvgIpc) is 2.39. The van der Waals surface area contributed by atoms with Crippen LogP contribution in [0.15, 0.2) is 12.3 Å². The summed E-state index contributed by atoms with van der Waals surface area (Å²) in [5.41, 5.74) is 1.22. The molecule has 0 amide bonds. The van der Waals surface area contributed by atoms with Gasteiger partial charge in [-0.25, -0.2) is 4.98 Å². The molecule has 1 aromatic rings. The maximum atomic E-state index is 10.7. The molecule has 6 heteroatoms. The summed E-state index contributed by atoms with van der Waals surface area (Å²) in [6, 6.07) is 1.99. The molecule has 1 aromatic heterocycles. The fraction of sp³-hybridized carbons (Fsp3) is 0.643. The van der Waals surface area contributed by atoms with Crippen molar-refractivity contribution in [2.24, 2.45) is 0 Å². The first-order valence-corrected chi connectivity index (χ1v) is 7.21. The van der Waals surface area contributed by atoms with Gasteiger partial charge >= 0.3 is 0 Å². The number of hydrogen-bond acceptors (Lipinski definition) is 5. The van der Waals surface area contributed by atoms with Gasteiger partial charge in [0.1, 0.15) is 12.0 Å². The van der Waals surface area contributed by atoms with E-state index >= 15 is 0 Å². The van der Waals surface area contributed by atoms with Gasteiger partial charge in [0, 0.05) is 17.6 Å². The van der Waals surface area contributed by atoms with Crippen molar-refractivity contribution in [1.29, 1.82) is 0 Å². The van der Waals surface area contributed by atoms with Gasteiger partial charge in [-0.2, -0.15) is 0 Å². The second-order valence-corrected chi connectivity index (χ2v) is 6.01. The minimum absolute atomic E-state index is 0.0498. The number of nitrogens with one attached hydrogen (secondary N) is 2. The Morgan fingerprint density at radius 2 is 2.35 bits per heavy atom. The van der Waals surface area contributed by atoms with Crippen molar-refractivity contribution in [3.8, 4) is 0 Å². The molecular weight excluding hydrogens is 256 g/mol. The molecule has 0 bridgehead atoms. The fourth-order valence-electron chi connectivity index (χ4n) is 3.27. The Morgan fingerprint density at radius 3 is 2.95 bits per heavy atom. The van der Waals surface area contributed by atoms with E-state index in [2.05, 4.69) is 15.6 Å². The Bertz CT molecular complexity index is 528. The number of aromatic nitrogens is 1. The summed E-state index contributed by atoms with van der Waals surface area (Å²) < 4.78 is 0. The molecule has 20 heavy (non-hydrogen) atoms. The van der Waals surface area contributed by atoms with Crippen molar-refractivity contribution in [3.63, 3.8) is 0 Å². The molecular formula is C14H20N4O2. The first kappa shape index (κ1) is 13.3. The topological polar surface area (TPSA) is 80.1 Å². The summed E-state index contributed by atoms with van der Waals surface area (Å²) in [5.74, 6) is 0.775. The molecule has 1 aliphatic carbocycles. The van der Waals surface area contributed by atoms with Crippen LogP contribution in [0.25, 0.3) is 0 Å². The highest BCUT2D eigenvalue weighted by molar-refractivity contribution is 5.49. The minimum Gasteiger partial charge on any atom is -0.367 e. The van der Waals surface area contributed by atoms with Gasteiger partial charge in [-0.3, -0.25) is 10.1 Å². The molecule has 2 aliphatic rings. The van der Waals surface area contributed by atoms with Crippen LogP contribution in [0.2, 0.25) is 0 Å². The van der Waals surface area contributed by atoms with Crippen molar-refractivity contribution in [1.82, 2.24) is 10.3 Å². The first-order chi connectivity index (χ1) is 9.58. The highest BCUT2D eigenvalue weighted by Gasteiger charge is 2.40. The van der Waals surface area contributed by atoms with Crippen molar-refractivity contribution in [2.45, 2.75) is 50.6 Å². The molecule has 0 radical (unpaired) electrons. The van der Waals surface area contributed by atoms with E-state index in [4.69, 9.17) is 0 Å². The standard InChI is InChI=1S/C14H20N4O2/c1-10-7-12(18(19)20)9-15-13(10)17-11-3-6-16-14(8-11)4-2-5-14/h7,9,11,16H,2-6,8H2,1H3,(H,15,17). The Morgan fingerprint density at radius 1 is 1.55 bits per heavy atom. The predicted molar refractivity (Wildman–Crippen MR) is 76.9 cm³/mol. The van der Waals surface area contributed by atoms with Gasteiger partial charge in [-0.15, -0.1) is 0 Å². The lowest BCUT2D eigenvalue weighted by Crippen LogP contribution is -2.58. The Hall–Kier alpha value is -1.69. The molecule has 1 unspecified atom stereocenters. The molecule has 6 nitrogen and oxygen atoms in total. The van der Waals surface area contributed by atoms with Crippen molar-refractivity contribution in [2.75, 3.05) is 11.9 Å². The van der Waals surface area contributed by atoms with Crippen LogP contribution in [0.3, 0.4) is 0 Å². The van der Waals surface area contributed by atoms with Crippen LogP contribution in [0, 0.1) is 17.0 Å². The first-order valence-electron chi connectivity index (χ1n) is 7.21. The normalized spacial score (nSPS) is 24.1. The van der Waals surface area contributed by atoms with Crippen LogP contribution in [0.1, 0.15) is 37.7 Å². The molecule has 2 fully saturated rings. The largest absolute Gasteiger partial charge is 0.367 e. The maximum absolute atomic E-state index is 10.7. The molecule has 1 saturated heterocycles. The Kier molecular flexibility index (Phi) is 3.33. The van der Waals surface area contributed by atoms with Gasteiger partial charge < -0.3 is 10.6 Å². The van der Waals surface area contributed by atoms with Gasteiger partial charge in [-0.05, 0) is 51.1 Å². The SMILES string of the molecule is Cc1cc([N+](=O)[O-])cnc1NC1CCNC2(CCC2)C1. The van der Waals surface area contributed by atoms with E-state index in [-0.39, 0.29) is 5.69 Å². The summed E-state index contributed by atoms with van der Waals surface area (Å²) >= 11 is 0. The zero-order valence-electron chi connectivity index (χ0n) is 11.7. The smallest absolute Gasteiger partial charge is 0.287 e. The molecule has 1 saturated carbocycles. The number of rotatable bonds is 3. The van der Waals surface area contributed by atoms with Crippen LogP contribution in [0.4, 0.5) is 11.5 Å². The van der Waals surface area contributed by atoms with E-state index in [1.165, 1.54) is 25.5 Å². The van der Waals surface area contributed by atoms with Crippen molar-refractivity contribution >= 4 is 11.5 Å². The third-order valence-corrected chi connectivity index (χ3v) is 4.56. The molecule has 108 valence electrons. The van der Waals surface area contributed by atoms with Crippen LogP contribution in [-0.4, -0.2) is 28.0 Å². The highest BCUT2D eigenvalue weighted by atomic mass is 16.6. The molecule has 0 aromatic carbocycles. The number of aryl methyl sites for hydroxylation is 1. The number of hydrogen-bond donors (Lipinski definition) is 2. The van der Waals surface area contributed by atoms with Crippen LogP contribution < -0.4 is 10.6 Å². The highest BCUT2D eigenvalue weighted by Crippen LogP contribution is 2.39. The van der Waals surface area contributed by atoms with E-state index < -0.39 is 4.92 Å². The molecule has 1 atom stereocenters. The van der Waals surface area contributed by atoms with E-state index in [1.807, 2.05) is 6.92 Å². The summed E-state index contributed by atoms with van der Waals surface area (Å²) in [6.45, 7) is 2.90. The number of pyridine rings is 1. The second-order valence-electron chi connectivity index (χ2n) is 6.01. The number of piperidine rings is 1. The number of anilines is 1. The summed E-state index contributed by atoms with van der Waals surface area (Å²) in [6.07, 6.45) is 7.35. The third-order valence-electron chi connectivity index (χ3n) is 4.56. The van der Waals surface area contributed by atoms with Gasteiger partial charge in [0.25, 0.3) is 5.69 Å². The average molecular weight is 276 g/mol. The quantitative estimate of drug-likeness (QED) is 0.654. The Balaban J connectivity index is 1.69. The lowest BCUT2D eigenvalue weighted by atomic mass is 9.70. The summed E-state index contributed by atoms with van der Waals surface area (Å²) in [5, 5.41) is 17.8. The number of nitrogens with zero attached hydrogens (tertiary/aromatic N) is 2. The fourth-order valence-corrected chi connectivity index (χ4v) is 3.27. The van der Waals surface area contributed by atoms with Crippen LogP contribution >= 0.6 is 0 Å². The van der Waals surface area contributed by atoms with Crippen LogP contribution in [0.5, 0.6) is 0 Å². The predicted octanol–water partition coefficient (Wildman–Crippen LogP) is 2.38. The van der Waals surface area contributed by atoms with Gasteiger partial charge in [0.15, 0.2) is 0 Å². The van der Waals surface area contributed by atoms with Gasteiger partial charge in [0.2, 0.25) is 0 Å². The molecule has 3 rings (SSSR count). The molecule has 1 aliphatic heterocycles. The van der Waals surface area contributed by atoms with E-state index in [0.29, 0.717) is 11.6 Å². The van der Waals surface area contributed by atoms with E-state index in [0.717, 1.165) is 30.8 Å². The van der Waals surface area contributed by atoms with Crippen LogP contribution in [-0.2, 0) is 0 Å². The summed E-state index contributed by atoms with van der Waals surface area (Å²) in [7, 11) is 0. The molecule has 2 N–H and O–H groups in total. The lowest BCUT2D eigenvalue weighted by molar-refractivity contribution is -0.385. The van der Waals surface area contributed by atoms with E-state index in [1.54, 1.807) is 6.07 Å². The lowest BCUT2D eigenvalue weighted by Gasteiger charge is -2.48. The minimum atomic E-state index is -0.405. The van der Waals surface area contributed by atoms with Gasteiger partial charge in [-0.1, -0.05) is 0 Å². The molecule has 2 heterocycles. The zero-order valence-corrected chi connectivity index (χ0v) is 11.7. The zero-order chi connectivity index (χ0) is 14.2. The number of nitro groups is 1. The maximum Gasteiger partial charge on any atom is 0.287 e. The third kappa shape index (κ3) is 2.47. The second kappa shape index (κ2) is 5.01. The van der Waals surface area contributed by atoms with Crippen molar-refractivity contribution < 1.29 is 4.92 Å². The summed E-state index contributed by atoms with van der Waals surface area (Å²) in [4.78, 5) is 14.5. The monoisotopic (exact) mass is 276 g/mol. The van der Waals surface area contributed by atoms with Gasteiger partial charge in [0.05, 0.1) is 4.92 Å². The van der Waals surface area contributed by atoms with Crippen molar-refractivity contribution in [3.05, 3.63) is 27.9 Å².